The quantitative estimate of drug-likeness (QED) is 0.814. The van der Waals surface area contributed by atoms with Gasteiger partial charge in [0.2, 0.25) is 0 Å². The maximum absolute atomic E-state index is 5.83. The number of aryl methyl sites for hydroxylation is 1. The van der Waals surface area contributed by atoms with Crippen molar-refractivity contribution in [3.63, 3.8) is 0 Å². The van der Waals surface area contributed by atoms with Crippen LogP contribution in [0.25, 0.3) is 0 Å². The van der Waals surface area contributed by atoms with Gasteiger partial charge in [-0.1, -0.05) is 0 Å². The van der Waals surface area contributed by atoms with Crippen molar-refractivity contribution in [2.45, 2.75) is 20.4 Å². The minimum absolute atomic E-state index is 0.634. The summed E-state index contributed by atoms with van der Waals surface area (Å²) in [5.41, 5.74) is 7.47. The van der Waals surface area contributed by atoms with Crippen molar-refractivity contribution in [3.05, 3.63) is 34.3 Å². The van der Waals surface area contributed by atoms with E-state index in [-0.39, 0.29) is 0 Å². The van der Waals surface area contributed by atoms with Gasteiger partial charge in [0, 0.05) is 34.6 Å². The van der Waals surface area contributed by atoms with Gasteiger partial charge >= 0.3 is 0 Å². The van der Waals surface area contributed by atoms with Crippen LogP contribution in [0.4, 0.5) is 11.4 Å². The van der Waals surface area contributed by atoms with E-state index >= 15 is 0 Å². The fourth-order valence-corrected chi connectivity index (χ4v) is 2.36. The van der Waals surface area contributed by atoms with Gasteiger partial charge < -0.3 is 15.8 Å². The van der Waals surface area contributed by atoms with Gasteiger partial charge in [-0.2, -0.15) is 0 Å². The molecule has 2 aromatic rings. The molecule has 0 saturated carbocycles. The first kappa shape index (κ1) is 12.7. The Labute approximate surface area is 111 Å². The molecule has 1 aromatic carbocycles. The van der Waals surface area contributed by atoms with Crippen LogP contribution in [0.1, 0.15) is 16.8 Å². The van der Waals surface area contributed by atoms with E-state index in [4.69, 9.17) is 10.5 Å². The molecular formula is C13H17N3OS. The average Bonchev–Trinajstić information content (AvgIpc) is 2.72. The number of hydrogen-bond acceptors (Lipinski definition) is 5. The highest BCUT2D eigenvalue weighted by Crippen LogP contribution is 2.23. The third-order valence-corrected chi connectivity index (χ3v) is 3.27. The minimum Gasteiger partial charge on any atom is -0.494 e. The van der Waals surface area contributed by atoms with E-state index in [1.54, 1.807) is 11.3 Å². The molecule has 0 atom stereocenters. The summed E-state index contributed by atoms with van der Waals surface area (Å²) in [6.45, 7) is 5.34. The Morgan fingerprint density at radius 2 is 2.22 bits per heavy atom. The second-order valence-electron chi connectivity index (χ2n) is 3.94. The molecule has 0 aliphatic heterocycles. The molecule has 3 N–H and O–H groups in total. The van der Waals surface area contributed by atoms with Crippen LogP contribution in [0.2, 0.25) is 0 Å². The molecule has 0 spiro atoms. The number of anilines is 2. The normalized spacial score (nSPS) is 10.3. The lowest BCUT2D eigenvalue weighted by molar-refractivity contribution is 0.340. The van der Waals surface area contributed by atoms with Crippen molar-refractivity contribution in [2.75, 3.05) is 17.7 Å². The Kier molecular flexibility index (Phi) is 4.04. The third kappa shape index (κ3) is 3.37. The maximum Gasteiger partial charge on any atom is 0.123 e. The summed E-state index contributed by atoms with van der Waals surface area (Å²) in [7, 11) is 0. The standard InChI is InChI=1S/C13H17N3OS/c1-3-17-12-5-10(14)4-11(6-12)15-8-13-16-7-9(2)18-13/h4-7,15H,3,8,14H2,1-2H3. The fourth-order valence-electron chi connectivity index (χ4n) is 1.63. The third-order valence-electron chi connectivity index (χ3n) is 2.35. The van der Waals surface area contributed by atoms with E-state index in [2.05, 4.69) is 17.2 Å². The van der Waals surface area contributed by atoms with Crippen molar-refractivity contribution in [2.24, 2.45) is 0 Å². The zero-order valence-corrected chi connectivity index (χ0v) is 11.4. The number of nitrogens with one attached hydrogen (secondary N) is 1. The highest BCUT2D eigenvalue weighted by Gasteiger charge is 2.02. The summed E-state index contributed by atoms with van der Waals surface area (Å²) in [6, 6.07) is 5.66. The van der Waals surface area contributed by atoms with Crippen molar-refractivity contribution in [1.82, 2.24) is 4.98 Å². The van der Waals surface area contributed by atoms with Crippen LogP contribution in [-0.2, 0) is 6.54 Å². The van der Waals surface area contributed by atoms with Crippen molar-refractivity contribution < 1.29 is 4.74 Å². The zero-order valence-electron chi connectivity index (χ0n) is 10.6. The molecule has 0 aliphatic carbocycles. The largest absolute Gasteiger partial charge is 0.494 e. The number of rotatable bonds is 5. The maximum atomic E-state index is 5.83. The average molecular weight is 263 g/mol. The van der Waals surface area contributed by atoms with Gasteiger partial charge in [0.1, 0.15) is 10.8 Å². The van der Waals surface area contributed by atoms with E-state index in [1.807, 2.05) is 31.3 Å². The fraction of sp³-hybridized carbons (Fsp3) is 0.308. The lowest BCUT2D eigenvalue weighted by atomic mass is 10.2. The van der Waals surface area contributed by atoms with Crippen LogP contribution in [0.3, 0.4) is 0 Å². The summed E-state index contributed by atoms with van der Waals surface area (Å²) < 4.78 is 5.45. The molecular weight excluding hydrogens is 246 g/mol. The van der Waals surface area contributed by atoms with Gasteiger partial charge in [-0.25, -0.2) is 4.98 Å². The first-order chi connectivity index (χ1) is 8.67. The van der Waals surface area contributed by atoms with Crippen LogP contribution < -0.4 is 15.8 Å². The number of nitrogens with two attached hydrogens (primary N) is 1. The molecule has 4 nitrogen and oxygen atoms in total. The number of thiazole rings is 1. The number of ether oxygens (including phenoxy) is 1. The molecule has 0 fully saturated rings. The second-order valence-corrected chi connectivity index (χ2v) is 5.26. The molecule has 0 aliphatic rings. The number of aromatic nitrogens is 1. The minimum atomic E-state index is 0.634. The van der Waals surface area contributed by atoms with E-state index in [1.165, 1.54) is 4.88 Å². The summed E-state index contributed by atoms with van der Waals surface area (Å²) in [4.78, 5) is 5.52. The zero-order chi connectivity index (χ0) is 13.0. The second kappa shape index (κ2) is 5.73. The molecule has 5 heteroatoms. The van der Waals surface area contributed by atoms with Gasteiger partial charge in [0.15, 0.2) is 0 Å². The Hall–Kier alpha value is -1.75. The van der Waals surface area contributed by atoms with E-state index in [0.717, 1.165) is 16.4 Å². The van der Waals surface area contributed by atoms with Crippen molar-refractivity contribution in [1.29, 1.82) is 0 Å². The van der Waals surface area contributed by atoms with Crippen LogP contribution in [0, 0.1) is 6.92 Å². The van der Waals surface area contributed by atoms with Gasteiger partial charge in [-0.3, -0.25) is 0 Å². The van der Waals surface area contributed by atoms with Gasteiger partial charge in [-0.15, -0.1) is 11.3 Å². The van der Waals surface area contributed by atoms with Crippen molar-refractivity contribution >= 4 is 22.7 Å². The topological polar surface area (TPSA) is 60.2 Å². The summed E-state index contributed by atoms with van der Waals surface area (Å²) in [5, 5.41) is 4.36. The van der Waals surface area contributed by atoms with Crippen LogP contribution >= 0.6 is 11.3 Å². The predicted octanol–water partition coefficient (Wildman–Crippen LogP) is 3.04. The van der Waals surface area contributed by atoms with E-state index in [9.17, 15) is 0 Å². The summed E-state index contributed by atoms with van der Waals surface area (Å²) >= 11 is 1.69. The molecule has 0 radical (unpaired) electrons. The molecule has 96 valence electrons. The summed E-state index contributed by atoms with van der Waals surface area (Å²) in [6.07, 6.45) is 1.88. The first-order valence-corrected chi connectivity index (χ1v) is 6.67. The number of nitrogens with zero attached hydrogens (tertiary/aromatic N) is 1. The Bertz CT molecular complexity index is 525. The lowest BCUT2D eigenvalue weighted by Gasteiger charge is -2.09. The molecule has 0 amide bonds. The van der Waals surface area contributed by atoms with Gasteiger partial charge in [0.05, 0.1) is 13.2 Å². The van der Waals surface area contributed by atoms with Gasteiger partial charge in [0.25, 0.3) is 0 Å². The Morgan fingerprint density at radius 1 is 1.39 bits per heavy atom. The SMILES string of the molecule is CCOc1cc(N)cc(NCc2ncc(C)s2)c1. The van der Waals surface area contributed by atoms with Crippen molar-refractivity contribution in [3.8, 4) is 5.75 Å². The van der Waals surface area contributed by atoms with Gasteiger partial charge in [-0.05, 0) is 19.9 Å². The number of benzene rings is 1. The van der Waals surface area contributed by atoms with E-state index < -0.39 is 0 Å². The molecule has 1 aromatic heterocycles. The molecule has 0 saturated heterocycles. The molecule has 1 heterocycles. The highest BCUT2D eigenvalue weighted by molar-refractivity contribution is 7.11. The smallest absolute Gasteiger partial charge is 0.123 e. The lowest BCUT2D eigenvalue weighted by Crippen LogP contribution is -2.01. The molecule has 2 rings (SSSR count). The highest BCUT2D eigenvalue weighted by atomic mass is 32.1. The van der Waals surface area contributed by atoms with E-state index in [0.29, 0.717) is 18.8 Å². The first-order valence-electron chi connectivity index (χ1n) is 5.86. The monoisotopic (exact) mass is 263 g/mol. The molecule has 0 bridgehead atoms. The number of hydrogen-bond donors (Lipinski definition) is 2. The Balaban J connectivity index is 2.04. The summed E-state index contributed by atoms with van der Waals surface area (Å²) in [5.74, 6) is 0.787. The van der Waals surface area contributed by atoms with Crippen LogP contribution in [0.5, 0.6) is 5.75 Å². The predicted molar refractivity (Wildman–Crippen MR) is 76.2 cm³/mol. The van der Waals surface area contributed by atoms with Crippen LogP contribution in [0.15, 0.2) is 24.4 Å². The molecule has 0 unspecified atom stereocenters. The Morgan fingerprint density at radius 3 is 2.89 bits per heavy atom. The van der Waals surface area contributed by atoms with Crippen LogP contribution in [-0.4, -0.2) is 11.6 Å². The number of nitrogen functional groups attached to an aromatic ring is 1. The molecule has 18 heavy (non-hydrogen) atoms.